The molecule has 1 aromatic rings. The molecule has 0 aliphatic rings. The SMILES string of the molecule is [2H]COc1c(OC)cc(C=O)cc1OC. The van der Waals surface area contributed by atoms with Crippen LogP contribution in [0.3, 0.4) is 0 Å². The predicted octanol–water partition coefficient (Wildman–Crippen LogP) is 1.52. The normalized spacial score (nSPS) is 10.3. The number of benzene rings is 1. The van der Waals surface area contributed by atoms with Crippen LogP contribution in [0, 0.1) is 0 Å². The molecular formula is C10H12O4. The second-order valence-corrected chi connectivity index (χ2v) is 2.52. The molecule has 0 aliphatic heterocycles. The van der Waals surface area contributed by atoms with Gasteiger partial charge in [-0.3, -0.25) is 4.79 Å². The molecule has 0 saturated carbocycles. The first kappa shape index (κ1) is 8.87. The molecule has 0 atom stereocenters. The topological polar surface area (TPSA) is 44.8 Å². The van der Waals surface area contributed by atoms with Crippen molar-refractivity contribution in [2.75, 3.05) is 21.3 Å². The van der Waals surface area contributed by atoms with E-state index in [0.29, 0.717) is 29.1 Å². The summed E-state index contributed by atoms with van der Waals surface area (Å²) in [6.07, 6.45) is 0.690. The van der Waals surface area contributed by atoms with Crippen LogP contribution in [0.25, 0.3) is 0 Å². The zero-order valence-electron chi connectivity index (χ0n) is 9.07. The Labute approximate surface area is 83.8 Å². The Morgan fingerprint density at radius 1 is 1.21 bits per heavy atom. The minimum atomic E-state index is -0.243. The number of hydrogen-bond donors (Lipinski definition) is 0. The molecule has 4 nitrogen and oxygen atoms in total. The summed E-state index contributed by atoms with van der Waals surface area (Å²) in [5, 5.41) is 0. The zero-order chi connectivity index (χ0) is 11.3. The third kappa shape index (κ3) is 1.79. The van der Waals surface area contributed by atoms with Crippen LogP contribution in [0.1, 0.15) is 11.7 Å². The van der Waals surface area contributed by atoms with E-state index in [-0.39, 0.29) is 7.09 Å². The van der Waals surface area contributed by atoms with E-state index in [0.717, 1.165) is 0 Å². The minimum Gasteiger partial charge on any atom is -0.493 e. The summed E-state index contributed by atoms with van der Waals surface area (Å²) in [4.78, 5) is 10.6. The fraction of sp³-hybridized carbons (Fsp3) is 0.300. The number of hydrogen-bond acceptors (Lipinski definition) is 4. The standard InChI is InChI=1S/C10H12O4/c1-12-8-4-7(6-11)5-9(13-2)10(8)14-3/h4-6H,1-3H3/i3D. The first-order valence-corrected chi connectivity index (χ1v) is 3.90. The lowest BCUT2D eigenvalue weighted by Gasteiger charge is -2.11. The van der Waals surface area contributed by atoms with E-state index in [1.807, 2.05) is 0 Å². The van der Waals surface area contributed by atoms with Crippen LogP contribution in [0.15, 0.2) is 12.1 Å². The summed E-state index contributed by atoms with van der Waals surface area (Å²) in [5.74, 6) is 1.09. The number of rotatable bonds is 4. The van der Waals surface area contributed by atoms with Crippen LogP contribution in [0.5, 0.6) is 17.2 Å². The zero-order valence-corrected chi connectivity index (χ0v) is 8.07. The second-order valence-electron chi connectivity index (χ2n) is 2.52. The van der Waals surface area contributed by atoms with Crippen molar-refractivity contribution in [2.24, 2.45) is 0 Å². The van der Waals surface area contributed by atoms with Gasteiger partial charge in [-0.1, -0.05) is 0 Å². The van der Waals surface area contributed by atoms with Crippen molar-refractivity contribution in [2.45, 2.75) is 0 Å². The smallest absolute Gasteiger partial charge is 0.203 e. The van der Waals surface area contributed by atoms with Gasteiger partial charge in [-0.15, -0.1) is 0 Å². The molecule has 0 N–H and O–H groups in total. The average Bonchev–Trinajstić information content (AvgIpc) is 2.29. The highest BCUT2D eigenvalue weighted by Crippen LogP contribution is 2.37. The molecule has 0 saturated heterocycles. The van der Waals surface area contributed by atoms with Gasteiger partial charge in [0.15, 0.2) is 11.5 Å². The fourth-order valence-corrected chi connectivity index (χ4v) is 1.11. The minimum absolute atomic E-state index is 0.243. The van der Waals surface area contributed by atoms with Crippen LogP contribution in [-0.2, 0) is 0 Å². The highest BCUT2D eigenvalue weighted by Gasteiger charge is 2.12. The third-order valence-electron chi connectivity index (χ3n) is 1.76. The molecular weight excluding hydrogens is 184 g/mol. The maximum Gasteiger partial charge on any atom is 0.203 e. The van der Waals surface area contributed by atoms with Crippen LogP contribution >= 0.6 is 0 Å². The number of ether oxygens (including phenoxy) is 3. The average molecular weight is 197 g/mol. The molecule has 14 heavy (non-hydrogen) atoms. The van der Waals surface area contributed by atoms with Crippen molar-refractivity contribution in [1.29, 1.82) is 0 Å². The van der Waals surface area contributed by atoms with E-state index in [2.05, 4.69) is 0 Å². The lowest BCUT2D eigenvalue weighted by atomic mass is 10.2. The fourth-order valence-electron chi connectivity index (χ4n) is 1.11. The summed E-state index contributed by atoms with van der Waals surface area (Å²) in [7, 11) is 2.67. The van der Waals surface area contributed by atoms with E-state index in [9.17, 15) is 4.79 Å². The largest absolute Gasteiger partial charge is 0.493 e. The summed E-state index contributed by atoms with van der Waals surface area (Å²) < 4.78 is 22.1. The summed E-state index contributed by atoms with van der Waals surface area (Å²) in [6, 6.07) is 3.06. The number of carbonyl (C=O) groups is 1. The molecule has 0 heterocycles. The molecule has 0 radical (unpaired) electrons. The Hall–Kier alpha value is -1.71. The van der Waals surface area contributed by atoms with E-state index in [1.165, 1.54) is 26.4 Å². The van der Waals surface area contributed by atoms with Crippen molar-refractivity contribution in [1.82, 2.24) is 0 Å². The molecule has 0 amide bonds. The van der Waals surface area contributed by atoms with Crippen molar-refractivity contribution in [3.63, 3.8) is 0 Å². The Balaban J connectivity index is 3.25. The van der Waals surface area contributed by atoms with Gasteiger partial charge in [0.25, 0.3) is 0 Å². The molecule has 76 valence electrons. The van der Waals surface area contributed by atoms with Crippen molar-refractivity contribution in [3.05, 3.63) is 17.7 Å². The molecule has 0 bridgehead atoms. The molecule has 1 rings (SSSR count). The number of carbonyl (C=O) groups excluding carboxylic acids is 1. The van der Waals surface area contributed by atoms with Crippen LogP contribution in [0.4, 0.5) is 0 Å². The van der Waals surface area contributed by atoms with Crippen molar-refractivity contribution in [3.8, 4) is 17.2 Å². The van der Waals surface area contributed by atoms with Gasteiger partial charge in [0.1, 0.15) is 6.29 Å². The Bertz CT molecular complexity index is 326. The maximum absolute atomic E-state index is 10.6. The van der Waals surface area contributed by atoms with Gasteiger partial charge >= 0.3 is 0 Å². The Morgan fingerprint density at radius 3 is 2.14 bits per heavy atom. The number of aldehydes is 1. The summed E-state index contributed by atoms with van der Waals surface area (Å²) >= 11 is 0. The Morgan fingerprint density at radius 2 is 1.79 bits per heavy atom. The van der Waals surface area contributed by atoms with E-state index in [4.69, 9.17) is 15.6 Å². The lowest BCUT2D eigenvalue weighted by molar-refractivity contribution is 0.112. The van der Waals surface area contributed by atoms with Gasteiger partial charge in [-0.25, -0.2) is 0 Å². The van der Waals surface area contributed by atoms with Crippen LogP contribution in [-0.4, -0.2) is 27.6 Å². The van der Waals surface area contributed by atoms with Gasteiger partial charge < -0.3 is 14.2 Å². The molecule has 4 heteroatoms. The first-order chi connectivity index (χ1) is 7.26. The van der Waals surface area contributed by atoms with Crippen LogP contribution < -0.4 is 14.2 Å². The maximum atomic E-state index is 10.6. The highest BCUT2D eigenvalue weighted by atomic mass is 16.5. The van der Waals surface area contributed by atoms with Crippen molar-refractivity contribution < 1.29 is 20.4 Å². The molecule has 0 aliphatic carbocycles. The van der Waals surface area contributed by atoms with Gasteiger partial charge in [-0.2, -0.15) is 0 Å². The quantitative estimate of drug-likeness (QED) is 0.686. The van der Waals surface area contributed by atoms with Gasteiger partial charge in [-0.05, 0) is 12.1 Å². The lowest BCUT2D eigenvalue weighted by Crippen LogP contribution is -1.96. The van der Waals surface area contributed by atoms with Crippen LogP contribution in [0.2, 0.25) is 0 Å². The van der Waals surface area contributed by atoms with E-state index >= 15 is 0 Å². The predicted molar refractivity (Wildman–Crippen MR) is 51.5 cm³/mol. The third-order valence-corrected chi connectivity index (χ3v) is 1.76. The first-order valence-electron chi connectivity index (χ1n) is 4.60. The van der Waals surface area contributed by atoms with Gasteiger partial charge in [0.2, 0.25) is 5.75 Å². The summed E-state index contributed by atoms with van der Waals surface area (Å²) in [6.45, 7) is 0. The molecule has 0 aromatic heterocycles. The van der Waals surface area contributed by atoms with Gasteiger partial charge in [0, 0.05) is 5.56 Å². The highest BCUT2D eigenvalue weighted by molar-refractivity contribution is 5.78. The number of methoxy groups -OCH3 is 3. The Kier molecular flexibility index (Phi) is 2.85. The second kappa shape index (κ2) is 4.50. The van der Waals surface area contributed by atoms with E-state index < -0.39 is 0 Å². The van der Waals surface area contributed by atoms with Crippen molar-refractivity contribution >= 4 is 6.29 Å². The molecule has 1 aromatic carbocycles. The monoisotopic (exact) mass is 197 g/mol. The molecule has 0 fully saturated rings. The molecule has 0 spiro atoms. The van der Waals surface area contributed by atoms with E-state index in [1.54, 1.807) is 0 Å². The molecule has 0 unspecified atom stereocenters. The van der Waals surface area contributed by atoms with Gasteiger partial charge in [0.05, 0.1) is 22.7 Å². The summed E-state index contributed by atoms with van der Waals surface area (Å²) in [5.41, 5.74) is 0.432.